The fourth-order valence-electron chi connectivity index (χ4n) is 2.09. The normalized spacial score (nSPS) is 12.2. The highest BCUT2D eigenvalue weighted by molar-refractivity contribution is 6.32. The van der Waals surface area contributed by atoms with E-state index in [-0.39, 0.29) is 24.6 Å². The summed E-state index contributed by atoms with van der Waals surface area (Å²) in [7, 11) is 0. The lowest BCUT2D eigenvalue weighted by Gasteiger charge is -2.21. The van der Waals surface area contributed by atoms with Gasteiger partial charge in [-0.1, -0.05) is 25.4 Å². The van der Waals surface area contributed by atoms with Gasteiger partial charge in [0.2, 0.25) is 0 Å². The van der Waals surface area contributed by atoms with Crippen molar-refractivity contribution in [3.05, 3.63) is 35.6 Å². The maximum atomic E-state index is 12.0. The highest BCUT2D eigenvalue weighted by Gasteiger charge is 2.16. The zero-order valence-corrected chi connectivity index (χ0v) is 13.8. The molecule has 0 bridgehead atoms. The second-order valence-corrected chi connectivity index (χ2v) is 5.82. The van der Waals surface area contributed by atoms with Crippen molar-refractivity contribution in [1.29, 1.82) is 0 Å². The molecular formula is C15H20ClN5O2. The minimum atomic E-state index is -0.366. The number of carbonyl (C=O) groups excluding carboxylic acids is 1. The molecule has 2 rings (SSSR count). The number of nitrogens with zero attached hydrogens (tertiary/aromatic N) is 3. The van der Waals surface area contributed by atoms with Crippen molar-refractivity contribution in [2.24, 2.45) is 5.92 Å². The van der Waals surface area contributed by atoms with Crippen molar-refractivity contribution in [2.75, 3.05) is 11.9 Å². The van der Waals surface area contributed by atoms with Gasteiger partial charge in [-0.3, -0.25) is 5.32 Å². The highest BCUT2D eigenvalue weighted by Crippen LogP contribution is 2.17. The van der Waals surface area contributed by atoms with Crippen LogP contribution in [-0.2, 0) is 0 Å². The monoisotopic (exact) mass is 337 g/mol. The Morgan fingerprint density at radius 3 is 2.87 bits per heavy atom. The number of rotatable bonds is 6. The zero-order chi connectivity index (χ0) is 16.8. The van der Waals surface area contributed by atoms with E-state index in [1.54, 1.807) is 30.6 Å². The van der Waals surface area contributed by atoms with Gasteiger partial charge in [0.1, 0.15) is 0 Å². The number of aromatic nitrogens is 3. The number of halogens is 1. The van der Waals surface area contributed by atoms with Crippen molar-refractivity contribution in [3.63, 3.8) is 0 Å². The maximum absolute atomic E-state index is 12.0. The summed E-state index contributed by atoms with van der Waals surface area (Å²) in [6.07, 6.45) is 3.78. The summed E-state index contributed by atoms with van der Waals surface area (Å²) < 4.78 is 1.49. The van der Waals surface area contributed by atoms with Gasteiger partial charge in [-0.05, 0) is 24.5 Å². The first-order valence-electron chi connectivity index (χ1n) is 7.36. The van der Waals surface area contributed by atoms with Crippen molar-refractivity contribution in [3.8, 4) is 5.82 Å². The predicted molar refractivity (Wildman–Crippen MR) is 88.9 cm³/mol. The Kier molecular flexibility index (Phi) is 5.95. The molecule has 0 aliphatic heterocycles. The predicted octanol–water partition coefficient (Wildman–Crippen LogP) is 2.45. The smallest absolute Gasteiger partial charge is 0.320 e. The first kappa shape index (κ1) is 17.2. The van der Waals surface area contributed by atoms with Crippen LogP contribution in [0.15, 0.2) is 30.6 Å². The second-order valence-electron chi connectivity index (χ2n) is 5.42. The fourth-order valence-corrected chi connectivity index (χ4v) is 2.29. The molecule has 7 nitrogen and oxygen atoms in total. The van der Waals surface area contributed by atoms with Gasteiger partial charge in [0.15, 0.2) is 11.6 Å². The molecule has 2 aromatic rings. The van der Waals surface area contributed by atoms with Gasteiger partial charge in [-0.2, -0.15) is 0 Å². The average Bonchev–Trinajstić information content (AvgIpc) is 2.95. The summed E-state index contributed by atoms with van der Waals surface area (Å²) in [6, 6.07) is 4.63. The van der Waals surface area contributed by atoms with E-state index in [9.17, 15) is 4.79 Å². The van der Waals surface area contributed by atoms with E-state index >= 15 is 0 Å². The lowest BCUT2D eigenvalue weighted by atomic mass is 10.0. The number of aliphatic hydroxyl groups excluding tert-OH is 1. The molecule has 3 N–H and O–H groups in total. The molecule has 0 aliphatic carbocycles. The Bertz CT molecular complexity index is 659. The molecule has 0 saturated carbocycles. The van der Waals surface area contributed by atoms with Crippen molar-refractivity contribution >= 4 is 23.4 Å². The number of hydrogen-bond donors (Lipinski definition) is 3. The number of amides is 2. The number of anilines is 1. The summed E-state index contributed by atoms with van der Waals surface area (Å²) in [5.41, 5.74) is 0. The quantitative estimate of drug-likeness (QED) is 0.755. The van der Waals surface area contributed by atoms with Gasteiger partial charge in [0.05, 0.1) is 5.02 Å². The van der Waals surface area contributed by atoms with Crippen LogP contribution in [0.2, 0.25) is 5.02 Å². The van der Waals surface area contributed by atoms with Gasteiger partial charge in [-0.15, -0.1) is 5.10 Å². The number of pyridine rings is 1. The summed E-state index contributed by atoms with van der Waals surface area (Å²) in [5, 5.41) is 19.2. The molecular weight excluding hydrogens is 318 g/mol. The Labute approximate surface area is 139 Å². The SMILES string of the molecule is CC(C)C(CCO)NC(=O)Nc1ccn(-c2ncccc2Cl)n1. The minimum absolute atomic E-state index is 0.0237. The van der Waals surface area contributed by atoms with Gasteiger partial charge < -0.3 is 10.4 Å². The van der Waals surface area contributed by atoms with E-state index < -0.39 is 0 Å². The molecule has 124 valence electrons. The molecule has 23 heavy (non-hydrogen) atoms. The summed E-state index contributed by atoms with van der Waals surface area (Å²) >= 11 is 6.07. The number of carbonyl (C=O) groups is 1. The lowest BCUT2D eigenvalue weighted by molar-refractivity contribution is 0.227. The molecule has 1 unspecified atom stereocenters. The van der Waals surface area contributed by atoms with Crippen LogP contribution in [0.5, 0.6) is 0 Å². The number of aliphatic hydroxyl groups is 1. The molecule has 0 spiro atoms. The molecule has 0 aromatic carbocycles. The fraction of sp³-hybridized carbons (Fsp3) is 0.400. The second kappa shape index (κ2) is 7.94. The van der Waals surface area contributed by atoms with Crippen molar-refractivity contribution in [2.45, 2.75) is 26.3 Å². The number of nitrogens with one attached hydrogen (secondary N) is 2. The minimum Gasteiger partial charge on any atom is -0.396 e. The Hall–Kier alpha value is -2.12. The largest absolute Gasteiger partial charge is 0.396 e. The molecule has 0 radical (unpaired) electrons. The van der Waals surface area contributed by atoms with Crippen LogP contribution in [0, 0.1) is 5.92 Å². The summed E-state index contributed by atoms with van der Waals surface area (Å²) in [5.74, 6) is 1.09. The zero-order valence-electron chi connectivity index (χ0n) is 13.0. The highest BCUT2D eigenvalue weighted by atomic mass is 35.5. The number of hydrogen-bond acceptors (Lipinski definition) is 4. The van der Waals surface area contributed by atoms with Crippen LogP contribution in [0.4, 0.5) is 10.6 Å². The van der Waals surface area contributed by atoms with Crippen LogP contribution < -0.4 is 10.6 Å². The van der Waals surface area contributed by atoms with E-state index in [1.807, 2.05) is 13.8 Å². The van der Waals surface area contributed by atoms with Crippen LogP contribution >= 0.6 is 11.6 Å². The molecule has 0 fully saturated rings. The average molecular weight is 338 g/mol. The third-order valence-corrected chi connectivity index (χ3v) is 3.64. The topological polar surface area (TPSA) is 92.1 Å². The summed E-state index contributed by atoms with van der Waals surface area (Å²) in [4.78, 5) is 16.2. The molecule has 2 aromatic heterocycles. The first-order valence-corrected chi connectivity index (χ1v) is 7.74. The lowest BCUT2D eigenvalue weighted by Crippen LogP contribution is -2.41. The van der Waals surface area contributed by atoms with Crippen molar-refractivity contribution in [1.82, 2.24) is 20.1 Å². The third-order valence-electron chi connectivity index (χ3n) is 3.35. The van der Waals surface area contributed by atoms with Crippen LogP contribution in [0.3, 0.4) is 0 Å². The van der Waals surface area contributed by atoms with Gasteiger partial charge in [0.25, 0.3) is 0 Å². The van der Waals surface area contributed by atoms with Gasteiger partial charge in [0, 0.05) is 31.1 Å². The Balaban J connectivity index is 2.01. The third kappa shape index (κ3) is 4.67. The standard InChI is InChI=1S/C15H20ClN5O2/c1-10(2)12(6-9-22)18-15(23)19-13-5-8-21(20-13)14-11(16)4-3-7-17-14/h3-5,7-8,10,12,22H,6,9H2,1-2H3,(H2,18,19,20,23). The molecule has 2 heterocycles. The van der Waals surface area contributed by atoms with E-state index in [1.165, 1.54) is 4.68 Å². The molecule has 1 atom stereocenters. The van der Waals surface area contributed by atoms with Crippen molar-refractivity contribution < 1.29 is 9.90 Å². The molecule has 2 amide bonds. The van der Waals surface area contributed by atoms with E-state index in [4.69, 9.17) is 16.7 Å². The van der Waals surface area contributed by atoms with Gasteiger partial charge >= 0.3 is 6.03 Å². The molecule has 8 heteroatoms. The summed E-state index contributed by atoms with van der Waals surface area (Å²) in [6.45, 7) is 3.99. The molecule has 0 aliphatic rings. The van der Waals surface area contributed by atoms with E-state index in [2.05, 4.69) is 20.7 Å². The number of urea groups is 1. The van der Waals surface area contributed by atoms with Crippen LogP contribution in [-0.4, -0.2) is 38.6 Å². The first-order chi connectivity index (χ1) is 11.0. The Morgan fingerprint density at radius 2 is 2.22 bits per heavy atom. The molecule has 0 saturated heterocycles. The van der Waals surface area contributed by atoms with Crippen LogP contribution in [0.25, 0.3) is 5.82 Å². The maximum Gasteiger partial charge on any atom is 0.320 e. The van der Waals surface area contributed by atoms with E-state index in [0.29, 0.717) is 23.1 Å². The van der Waals surface area contributed by atoms with Gasteiger partial charge in [-0.25, -0.2) is 14.5 Å². The van der Waals surface area contributed by atoms with E-state index in [0.717, 1.165) is 0 Å². The van der Waals surface area contributed by atoms with Crippen LogP contribution in [0.1, 0.15) is 20.3 Å². The Morgan fingerprint density at radius 1 is 1.43 bits per heavy atom.